The van der Waals surface area contributed by atoms with Crippen molar-refractivity contribution in [3.05, 3.63) is 64.0 Å². The number of nitro groups is 1. The van der Waals surface area contributed by atoms with Crippen molar-refractivity contribution in [2.45, 2.75) is 17.8 Å². The molecule has 0 amide bonds. The summed E-state index contributed by atoms with van der Waals surface area (Å²) >= 11 is 1.33. The van der Waals surface area contributed by atoms with E-state index in [-0.39, 0.29) is 5.69 Å². The lowest BCUT2D eigenvalue weighted by atomic mass is 10.2. The highest BCUT2D eigenvalue weighted by Gasteiger charge is 2.16. The van der Waals surface area contributed by atoms with Crippen LogP contribution in [-0.4, -0.2) is 42.4 Å². The Bertz CT molecular complexity index is 1190. The molecule has 0 saturated carbocycles. The third kappa shape index (κ3) is 3.98. The van der Waals surface area contributed by atoms with Crippen LogP contribution in [0.25, 0.3) is 17.1 Å². The molecule has 152 valence electrons. The summed E-state index contributed by atoms with van der Waals surface area (Å²) in [5.41, 5.74) is 2.38. The summed E-state index contributed by atoms with van der Waals surface area (Å²) < 4.78 is 12.3. The Kier molecular flexibility index (Phi) is 5.39. The van der Waals surface area contributed by atoms with Crippen molar-refractivity contribution in [2.24, 2.45) is 0 Å². The topological polar surface area (TPSA) is 135 Å². The lowest BCUT2D eigenvalue weighted by Gasteiger charge is -2.09. The summed E-state index contributed by atoms with van der Waals surface area (Å²) in [7, 11) is 1.59. The van der Waals surface area contributed by atoms with Gasteiger partial charge in [0.25, 0.3) is 5.69 Å². The van der Waals surface area contributed by atoms with Gasteiger partial charge >= 0.3 is 0 Å². The van der Waals surface area contributed by atoms with Crippen molar-refractivity contribution in [3.63, 3.8) is 0 Å². The van der Waals surface area contributed by atoms with E-state index >= 15 is 0 Å². The SMILES string of the molecule is COc1ccc(C)cc1-n1nnnc1SCc1nc(-c2ccc([N+](=O)[O-])cc2)no1. The van der Waals surface area contributed by atoms with Crippen LogP contribution in [-0.2, 0) is 5.75 Å². The first-order valence-corrected chi connectivity index (χ1v) is 9.67. The van der Waals surface area contributed by atoms with E-state index in [0.717, 1.165) is 11.3 Å². The molecule has 0 unspecified atom stereocenters. The summed E-state index contributed by atoms with van der Waals surface area (Å²) in [5.74, 6) is 1.71. The zero-order valence-corrected chi connectivity index (χ0v) is 16.7. The van der Waals surface area contributed by atoms with Crippen LogP contribution < -0.4 is 4.74 Å². The highest BCUT2D eigenvalue weighted by atomic mass is 32.2. The second-order valence-electron chi connectivity index (χ2n) is 6.15. The molecular formula is C18H15N7O4S. The van der Waals surface area contributed by atoms with E-state index in [1.54, 1.807) is 23.9 Å². The molecule has 30 heavy (non-hydrogen) atoms. The Labute approximate surface area is 174 Å². The first-order chi connectivity index (χ1) is 14.5. The van der Waals surface area contributed by atoms with Crippen LogP contribution in [0.4, 0.5) is 5.69 Å². The van der Waals surface area contributed by atoms with Crippen molar-refractivity contribution in [1.29, 1.82) is 0 Å². The summed E-state index contributed by atoms with van der Waals surface area (Å²) in [5, 5.41) is 27.1. The molecule has 0 fully saturated rings. The largest absolute Gasteiger partial charge is 0.494 e. The van der Waals surface area contributed by atoms with Crippen LogP contribution in [0.15, 0.2) is 52.1 Å². The minimum atomic E-state index is -0.463. The van der Waals surface area contributed by atoms with Gasteiger partial charge in [0.2, 0.25) is 16.9 Å². The number of nitro benzene ring substituents is 1. The highest BCUT2D eigenvalue weighted by Crippen LogP contribution is 2.28. The van der Waals surface area contributed by atoms with Crippen LogP contribution in [0.5, 0.6) is 5.75 Å². The molecule has 11 nitrogen and oxygen atoms in total. The molecule has 0 aliphatic rings. The van der Waals surface area contributed by atoms with E-state index in [1.807, 2.05) is 25.1 Å². The molecule has 2 aromatic heterocycles. The zero-order chi connectivity index (χ0) is 21.1. The summed E-state index contributed by atoms with van der Waals surface area (Å²) in [6.07, 6.45) is 0. The van der Waals surface area contributed by atoms with Crippen LogP contribution in [0, 0.1) is 17.0 Å². The average molecular weight is 425 g/mol. The van der Waals surface area contributed by atoms with Crippen molar-refractivity contribution in [1.82, 2.24) is 30.3 Å². The molecule has 0 aliphatic heterocycles. The molecular weight excluding hydrogens is 410 g/mol. The highest BCUT2D eigenvalue weighted by molar-refractivity contribution is 7.98. The first kappa shape index (κ1) is 19.5. The number of aryl methyl sites for hydroxylation is 1. The van der Waals surface area contributed by atoms with Gasteiger partial charge in [-0.1, -0.05) is 23.0 Å². The maximum Gasteiger partial charge on any atom is 0.269 e. The maximum absolute atomic E-state index is 10.8. The minimum Gasteiger partial charge on any atom is -0.494 e. The Balaban J connectivity index is 1.50. The molecule has 0 aliphatic carbocycles. The van der Waals surface area contributed by atoms with E-state index in [9.17, 15) is 10.1 Å². The van der Waals surface area contributed by atoms with E-state index < -0.39 is 4.92 Å². The van der Waals surface area contributed by atoms with E-state index in [4.69, 9.17) is 9.26 Å². The molecule has 0 spiro atoms. The van der Waals surface area contributed by atoms with Gasteiger partial charge in [-0.3, -0.25) is 10.1 Å². The van der Waals surface area contributed by atoms with Gasteiger partial charge in [0.1, 0.15) is 11.4 Å². The van der Waals surface area contributed by atoms with Gasteiger partial charge in [0, 0.05) is 17.7 Å². The molecule has 2 heterocycles. The smallest absolute Gasteiger partial charge is 0.269 e. The molecule has 4 rings (SSSR count). The standard InChI is InChI=1S/C18H15N7O4S/c1-11-3-8-15(28-2)14(9-11)24-18(20-22-23-24)30-10-16-19-17(21-29-16)12-4-6-13(7-5-12)25(26)27/h3-9H,10H2,1-2H3. The minimum absolute atomic E-state index is 0.00330. The predicted molar refractivity (Wildman–Crippen MR) is 106 cm³/mol. The van der Waals surface area contributed by atoms with Gasteiger partial charge in [-0.05, 0) is 47.2 Å². The lowest BCUT2D eigenvalue weighted by Crippen LogP contribution is -2.02. The molecule has 0 N–H and O–H groups in total. The second-order valence-corrected chi connectivity index (χ2v) is 7.10. The van der Waals surface area contributed by atoms with E-state index in [1.165, 1.54) is 23.9 Å². The molecule has 0 atom stereocenters. The molecule has 4 aromatic rings. The number of rotatable bonds is 7. The summed E-state index contributed by atoms with van der Waals surface area (Å²) in [6, 6.07) is 11.7. The number of aromatic nitrogens is 6. The van der Waals surface area contributed by atoms with Gasteiger partial charge in [-0.2, -0.15) is 9.67 Å². The summed E-state index contributed by atoms with van der Waals surface area (Å²) in [4.78, 5) is 14.6. The van der Waals surface area contributed by atoms with Crippen molar-refractivity contribution >= 4 is 17.4 Å². The quantitative estimate of drug-likeness (QED) is 0.247. The number of nitrogens with zero attached hydrogens (tertiary/aromatic N) is 7. The molecule has 12 heteroatoms. The van der Waals surface area contributed by atoms with Gasteiger partial charge in [0.15, 0.2) is 0 Å². The fraction of sp³-hybridized carbons (Fsp3) is 0.167. The number of hydrogen-bond acceptors (Lipinski definition) is 10. The fourth-order valence-corrected chi connectivity index (χ4v) is 3.40. The average Bonchev–Trinajstić information content (AvgIpc) is 3.41. The van der Waals surface area contributed by atoms with Crippen molar-refractivity contribution < 1.29 is 14.2 Å². The molecule has 0 bridgehead atoms. The molecule has 0 saturated heterocycles. The van der Waals surface area contributed by atoms with Crippen LogP contribution in [0.3, 0.4) is 0 Å². The molecule has 2 aromatic carbocycles. The first-order valence-electron chi connectivity index (χ1n) is 8.69. The number of thioether (sulfide) groups is 1. The Hall–Kier alpha value is -3.80. The summed E-state index contributed by atoms with van der Waals surface area (Å²) in [6.45, 7) is 1.97. The van der Waals surface area contributed by atoms with Crippen molar-refractivity contribution in [3.8, 4) is 22.8 Å². The number of benzene rings is 2. The van der Waals surface area contributed by atoms with Crippen LogP contribution >= 0.6 is 11.8 Å². The van der Waals surface area contributed by atoms with Gasteiger partial charge in [-0.25, -0.2) is 0 Å². The van der Waals surface area contributed by atoms with Crippen LogP contribution in [0.1, 0.15) is 11.5 Å². The number of tetrazole rings is 1. The number of non-ortho nitro benzene ring substituents is 1. The van der Waals surface area contributed by atoms with E-state index in [0.29, 0.717) is 33.9 Å². The fourth-order valence-electron chi connectivity index (χ4n) is 2.67. The number of hydrogen-bond donors (Lipinski definition) is 0. The van der Waals surface area contributed by atoms with Crippen molar-refractivity contribution in [2.75, 3.05) is 7.11 Å². The second kappa shape index (κ2) is 8.29. The van der Waals surface area contributed by atoms with Gasteiger partial charge < -0.3 is 9.26 Å². The monoisotopic (exact) mass is 425 g/mol. The number of methoxy groups -OCH3 is 1. The van der Waals surface area contributed by atoms with Gasteiger partial charge in [0.05, 0.1) is 17.8 Å². The van der Waals surface area contributed by atoms with E-state index in [2.05, 4.69) is 25.7 Å². The zero-order valence-electron chi connectivity index (χ0n) is 15.9. The van der Waals surface area contributed by atoms with Gasteiger partial charge in [-0.15, -0.1) is 5.10 Å². The lowest BCUT2D eigenvalue weighted by molar-refractivity contribution is -0.384. The van der Waals surface area contributed by atoms with Crippen LogP contribution in [0.2, 0.25) is 0 Å². The normalized spacial score (nSPS) is 10.9. The third-order valence-electron chi connectivity index (χ3n) is 4.13. The number of ether oxygens (including phenoxy) is 1. The Morgan fingerprint density at radius 3 is 2.77 bits per heavy atom. The Morgan fingerprint density at radius 1 is 1.23 bits per heavy atom. The molecule has 0 radical (unpaired) electrons. The maximum atomic E-state index is 10.8. The Morgan fingerprint density at radius 2 is 2.03 bits per heavy atom. The third-order valence-corrected chi connectivity index (χ3v) is 5.04. The predicted octanol–water partition coefficient (Wildman–Crippen LogP) is 3.23.